The number of hydrogen-bond donors (Lipinski definition) is 2. The Hall–Kier alpha value is -3.07. The van der Waals surface area contributed by atoms with E-state index >= 15 is 0 Å². The maximum Gasteiger partial charge on any atom is 0.260 e. The summed E-state index contributed by atoms with van der Waals surface area (Å²) in [6.45, 7) is 3.90. The van der Waals surface area contributed by atoms with Gasteiger partial charge in [0, 0.05) is 36.6 Å². The van der Waals surface area contributed by atoms with Crippen molar-refractivity contribution < 1.29 is 9.59 Å². The highest BCUT2D eigenvalue weighted by molar-refractivity contribution is 6.35. The van der Waals surface area contributed by atoms with Crippen molar-refractivity contribution >= 4 is 52.2 Å². The molecule has 39 heavy (non-hydrogen) atoms. The Balaban J connectivity index is 1.13. The molecule has 2 amide bonds. The number of fused-ring (bicyclic) bond motifs is 2. The minimum Gasteiger partial charge on any atom is -0.352 e. The highest BCUT2D eigenvalue weighted by Gasteiger charge is 2.30. The molecule has 0 unspecified atom stereocenters. The van der Waals surface area contributed by atoms with Crippen molar-refractivity contribution in [1.29, 1.82) is 0 Å². The van der Waals surface area contributed by atoms with E-state index in [4.69, 9.17) is 23.2 Å². The number of aromatic nitrogens is 2. The second-order valence-corrected chi connectivity index (χ2v) is 11.7. The molecule has 0 radical (unpaired) electrons. The molecule has 0 atom stereocenters. The normalized spacial score (nSPS) is 17.7. The number of hydrogen-bond acceptors (Lipinski definition) is 5. The van der Waals surface area contributed by atoms with Crippen molar-refractivity contribution in [2.45, 2.75) is 38.8 Å². The lowest BCUT2D eigenvalue weighted by Crippen LogP contribution is -2.41. The summed E-state index contributed by atoms with van der Waals surface area (Å²) in [6.07, 6.45) is 6.28. The Morgan fingerprint density at radius 3 is 2.62 bits per heavy atom. The summed E-state index contributed by atoms with van der Waals surface area (Å²) in [5, 5.41) is 11.7. The van der Waals surface area contributed by atoms with Gasteiger partial charge in [-0.2, -0.15) is 5.10 Å². The third kappa shape index (κ3) is 5.64. The number of halogens is 2. The van der Waals surface area contributed by atoms with Gasteiger partial charge in [-0.05, 0) is 80.6 Å². The molecule has 2 N–H and O–H groups in total. The first-order valence-corrected chi connectivity index (χ1v) is 14.3. The smallest absolute Gasteiger partial charge is 0.260 e. The molecule has 1 aliphatic carbocycles. The number of aryl methyl sites for hydroxylation is 1. The van der Waals surface area contributed by atoms with E-state index in [0.29, 0.717) is 40.1 Å². The van der Waals surface area contributed by atoms with Crippen molar-refractivity contribution in [3.8, 4) is 0 Å². The number of anilines is 3. The van der Waals surface area contributed by atoms with Gasteiger partial charge in [-0.25, -0.2) is 0 Å². The molecule has 3 heterocycles. The van der Waals surface area contributed by atoms with Crippen LogP contribution in [0.2, 0.25) is 10.0 Å². The lowest BCUT2D eigenvalue weighted by molar-refractivity contribution is -0.126. The molecule has 1 saturated carbocycles. The van der Waals surface area contributed by atoms with Gasteiger partial charge in [0.15, 0.2) is 0 Å². The number of benzene rings is 2. The van der Waals surface area contributed by atoms with Crippen LogP contribution in [-0.2, 0) is 24.9 Å². The topological polar surface area (TPSA) is 82.5 Å². The van der Waals surface area contributed by atoms with Gasteiger partial charge in [-0.15, -0.1) is 0 Å². The lowest BCUT2D eigenvalue weighted by atomic mass is 9.95. The SMILES string of the molecule is Cn1ncc2c1Nc1cc(Cl)ccc1N(C(=O)c1ccc(CNC(=O)C3CCN(CC4CC4)CC3)cc1Cl)C2. The van der Waals surface area contributed by atoms with E-state index in [1.54, 1.807) is 40.0 Å². The van der Waals surface area contributed by atoms with Gasteiger partial charge in [-0.3, -0.25) is 14.3 Å². The maximum atomic E-state index is 13.8. The van der Waals surface area contributed by atoms with E-state index in [-0.39, 0.29) is 17.7 Å². The predicted octanol–water partition coefficient (Wildman–Crippen LogP) is 5.37. The average molecular weight is 568 g/mol. The van der Waals surface area contributed by atoms with Crippen LogP contribution >= 0.6 is 23.2 Å². The zero-order valence-corrected chi connectivity index (χ0v) is 23.4. The molecule has 0 spiro atoms. The largest absolute Gasteiger partial charge is 0.352 e. The molecule has 1 aromatic heterocycles. The minimum absolute atomic E-state index is 0.0550. The summed E-state index contributed by atoms with van der Waals surface area (Å²) in [7, 11) is 1.85. The fourth-order valence-corrected chi connectivity index (χ4v) is 5.99. The highest BCUT2D eigenvalue weighted by atomic mass is 35.5. The van der Waals surface area contributed by atoms with Gasteiger partial charge in [0.25, 0.3) is 5.91 Å². The van der Waals surface area contributed by atoms with Crippen LogP contribution in [0.25, 0.3) is 0 Å². The van der Waals surface area contributed by atoms with E-state index in [2.05, 4.69) is 20.6 Å². The van der Waals surface area contributed by atoms with E-state index in [0.717, 1.165) is 48.8 Å². The first kappa shape index (κ1) is 26.2. The Morgan fingerprint density at radius 2 is 1.87 bits per heavy atom. The first-order valence-electron chi connectivity index (χ1n) is 13.5. The molecular formula is C29H32Cl2N6O2. The average Bonchev–Trinajstić information content (AvgIpc) is 3.71. The van der Waals surface area contributed by atoms with Crippen LogP contribution in [0.5, 0.6) is 0 Å². The van der Waals surface area contributed by atoms with Gasteiger partial charge in [0.2, 0.25) is 5.91 Å². The molecule has 6 rings (SSSR count). The van der Waals surface area contributed by atoms with E-state index in [1.807, 2.05) is 19.2 Å². The van der Waals surface area contributed by atoms with E-state index < -0.39 is 0 Å². The molecule has 3 aliphatic rings. The van der Waals surface area contributed by atoms with Crippen molar-refractivity contribution in [1.82, 2.24) is 20.0 Å². The lowest BCUT2D eigenvalue weighted by Gasteiger charge is -2.31. The third-order valence-corrected chi connectivity index (χ3v) is 8.54. The van der Waals surface area contributed by atoms with Crippen molar-refractivity contribution in [3.05, 3.63) is 69.3 Å². The minimum atomic E-state index is -0.226. The van der Waals surface area contributed by atoms with Crippen molar-refractivity contribution in [2.75, 3.05) is 29.9 Å². The maximum absolute atomic E-state index is 13.8. The number of carbonyl (C=O) groups is 2. The quantitative estimate of drug-likeness (QED) is 0.419. The van der Waals surface area contributed by atoms with Gasteiger partial charge in [0.05, 0.1) is 34.7 Å². The van der Waals surface area contributed by atoms with Crippen LogP contribution < -0.4 is 15.5 Å². The number of rotatable bonds is 6. The van der Waals surface area contributed by atoms with Crippen LogP contribution in [-0.4, -0.2) is 46.1 Å². The van der Waals surface area contributed by atoms with Gasteiger partial charge < -0.3 is 20.4 Å². The van der Waals surface area contributed by atoms with Gasteiger partial charge in [-0.1, -0.05) is 29.3 Å². The van der Waals surface area contributed by atoms with E-state index in [1.165, 1.54) is 19.4 Å². The summed E-state index contributed by atoms with van der Waals surface area (Å²) < 4.78 is 1.74. The second-order valence-electron chi connectivity index (χ2n) is 10.9. The highest BCUT2D eigenvalue weighted by Crippen LogP contribution is 2.38. The summed E-state index contributed by atoms with van der Waals surface area (Å²) in [5.41, 5.74) is 3.55. The molecule has 204 valence electrons. The Labute approximate surface area is 238 Å². The predicted molar refractivity (Wildman–Crippen MR) is 154 cm³/mol. The van der Waals surface area contributed by atoms with E-state index in [9.17, 15) is 9.59 Å². The Kier molecular flexibility index (Phi) is 7.27. The molecule has 0 bridgehead atoms. The number of likely N-dealkylation sites (tertiary alicyclic amines) is 1. The second kappa shape index (κ2) is 10.8. The van der Waals surface area contributed by atoms with Crippen LogP contribution in [0, 0.1) is 11.8 Å². The zero-order valence-electron chi connectivity index (χ0n) is 21.9. The van der Waals surface area contributed by atoms with Gasteiger partial charge >= 0.3 is 0 Å². The molecule has 3 aromatic rings. The first-order chi connectivity index (χ1) is 18.9. The standard InChI is InChI=1S/C29H32Cl2N6O2/c1-35-27-21(15-33-35)17-37(26-7-5-22(30)13-25(26)34-27)29(39)23-6-4-19(12-24(23)31)14-32-28(38)20-8-10-36(11-9-20)16-18-2-3-18/h4-7,12-13,15,18,20,34H,2-3,8-11,14,16-17H2,1H3,(H,32,38). The summed E-state index contributed by atoms with van der Waals surface area (Å²) >= 11 is 12.9. The molecular weight excluding hydrogens is 535 g/mol. The van der Waals surface area contributed by atoms with Crippen molar-refractivity contribution in [3.63, 3.8) is 0 Å². The molecule has 10 heteroatoms. The van der Waals surface area contributed by atoms with Crippen molar-refractivity contribution in [2.24, 2.45) is 18.9 Å². The molecule has 2 aliphatic heterocycles. The number of carbonyl (C=O) groups excluding carboxylic acids is 2. The Bertz CT molecular complexity index is 1410. The third-order valence-electron chi connectivity index (χ3n) is 7.99. The summed E-state index contributed by atoms with van der Waals surface area (Å²) in [5.74, 6) is 1.61. The van der Waals surface area contributed by atoms with Gasteiger partial charge in [0.1, 0.15) is 5.82 Å². The number of nitrogens with one attached hydrogen (secondary N) is 2. The molecule has 2 aromatic carbocycles. The number of amides is 2. The van der Waals surface area contributed by atoms with Crippen LogP contribution in [0.1, 0.15) is 47.2 Å². The molecule has 1 saturated heterocycles. The van der Waals surface area contributed by atoms with Crippen LogP contribution in [0.4, 0.5) is 17.2 Å². The van der Waals surface area contributed by atoms with Crippen LogP contribution in [0.3, 0.4) is 0 Å². The monoisotopic (exact) mass is 566 g/mol. The number of nitrogens with zero attached hydrogens (tertiary/aromatic N) is 4. The summed E-state index contributed by atoms with van der Waals surface area (Å²) in [6, 6.07) is 10.7. The fraction of sp³-hybridized carbons (Fsp3) is 0.414. The number of piperidine rings is 1. The summed E-state index contributed by atoms with van der Waals surface area (Å²) in [4.78, 5) is 30.8. The zero-order chi connectivity index (χ0) is 27.1. The molecule has 2 fully saturated rings. The molecule has 8 nitrogen and oxygen atoms in total. The van der Waals surface area contributed by atoms with Crippen LogP contribution in [0.15, 0.2) is 42.6 Å². The fourth-order valence-electron chi connectivity index (χ4n) is 5.53. The Morgan fingerprint density at radius 1 is 1.08 bits per heavy atom.